The van der Waals surface area contributed by atoms with Gasteiger partial charge in [-0.05, 0) is 262 Å². The quantitative estimate of drug-likeness (QED) is 0.0822. The first-order chi connectivity index (χ1) is 37.1. The van der Waals surface area contributed by atoms with Crippen molar-refractivity contribution < 1.29 is 33.3 Å². The van der Waals surface area contributed by atoms with Crippen LogP contribution >= 0.6 is 0 Å². The van der Waals surface area contributed by atoms with E-state index in [4.69, 9.17) is 23.7 Å². The van der Waals surface area contributed by atoms with Gasteiger partial charge in [-0.1, -0.05) is 76.7 Å². The zero-order chi connectivity index (χ0) is 54.0. The van der Waals surface area contributed by atoms with E-state index in [0.717, 1.165) is 113 Å². The highest BCUT2D eigenvalue weighted by atomic mass is 16.7. The van der Waals surface area contributed by atoms with E-state index < -0.39 is 0 Å². The van der Waals surface area contributed by atoms with Crippen LogP contribution in [-0.4, -0.2) is 75.1 Å². The first kappa shape index (κ1) is 58.4. The fourth-order valence-electron chi connectivity index (χ4n) is 21.0. The van der Waals surface area contributed by atoms with E-state index in [-0.39, 0.29) is 59.5 Å². The summed E-state index contributed by atoms with van der Waals surface area (Å²) in [5, 5.41) is 6.66. The van der Waals surface area contributed by atoms with E-state index in [1.165, 1.54) is 141 Å². The molecule has 77 heavy (non-hydrogen) atoms. The molecule has 9 nitrogen and oxygen atoms in total. The summed E-state index contributed by atoms with van der Waals surface area (Å²) in [5.41, 5.74) is 4.77. The minimum atomic E-state index is -0.00571. The number of hydrogen-bond donors (Lipinski definition) is 2. The van der Waals surface area contributed by atoms with Crippen molar-refractivity contribution in [2.45, 2.75) is 285 Å². The number of hydrogen-bond acceptors (Lipinski definition) is 7. The Morgan fingerprint density at radius 2 is 0.987 bits per heavy atom. The molecule has 8 aliphatic carbocycles. The normalized spacial score (nSPS) is 42.1. The van der Waals surface area contributed by atoms with Gasteiger partial charge >= 0.3 is 0 Å². The van der Waals surface area contributed by atoms with Crippen molar-refractivity contribution in [3.63, 3.8) is 0 Å². The van der Waals surface area contributed by atoms with Crippen molar-refractivity contribution in [3.8, 4) is 0 Å². The number of carbonyl (C=O) groups excluding carboxylic acids is 2. The van der Waals surface area contributed by atoms with Gasteiger partial charge in [-0.3, -0.25) is 9.59 Å². The monoisotopic (exact) mass is 1070 g/mol. The number of allylic oxidation sites excluding steroid dienone is 4. The molecule has 2 N–H and O–H groups in total. The Bertz CT molecular complexity index is 1890. The lowest BCUT2D eigenvalue weighted by Gasteiger charge is -2.59. The number of carbonyl (C=O) groups is 2. The lowest BCUT2D eigenvalue weighted by molar-refractivity contribution is -0.163. The van der Waals surface area contributed by atoms with Crippen LogP contribution in [0.25, 0.3) is 0 Å². The molecule has 10 unspecified atom stereocenters. The van der Waals surface area contributed by atoms with Gasteiger partial charge in [-0.2, -0.15) is 0 Å². The molecule has 0 aromatic carbocycles. The predicted molar refractivity (Wildman–Crippen MR) is 309 cm³/mol. The van der Waals surface area contributed by atoms with Crippen LogP contribution in [0.3, 0.4) is 0 Å². The molecule has 20 atom stereocenters. The van der Waals surface area contributed by atoms with Crippen molar-refractivity contribution in [3.05, 3.63) is 23.3 Å². The van der Waals surface area contributed by atoms with Crippen LogP contribution in [-0.2, 0) is 33.3 Å². The second-order valence-corrected chi connectivity index (χ2v) is 29.2. The zero-order valence-corrected chi connectivity index (χ0v) is 50.3. The first-order valence-electron chi connectivity index (χ1n) is 33.2. The largest absolute Gasteiger partial charge is 0.374 e. The maximum Gasteiger partial charge on any atom is 0.217 e. The fourth-order valence-corrected chi connectivity index (χ4v) is 21.0. The van der Waals surface area contributed by atoms with E-state index in [0.29, 0.717) is 34.5 Å². The van der Waals surface area contributed by atoms with Crippen molar-refractivity contribution in [2.24, 2.45) is 80.8 Å². The van der Waals surface area contributed by atoms with Crippen LogP contribution in [0.2, 0.25) is 0 Å². The highest BCUT2D eigenvalue weighted by molar-refractivity contribution is 5.73. The maximum atomic E-state index is 12.2. The number of fused-ring (bicyclic) bond motifs is 10. The SMILES string of the molecule is CC(=O)N[C@@H](C)[C@H]1CCC2C3CC=C4C[C@@H](C(CCCCCOC5CCCCO5)OC(CCCCCOC5CCCCO5)[C@H]5CC[C@@]6(C)C(=CCC7C6CC[C@@]6(C)C7CC[C@@H]6[C@H](C)NC(C)=O)C5)CC[C@]4(C)C3CC[C@@]21C. The lowest BCUT2D eigenvalue weighted by atomic mass is 9.46. The molecular weight excluding hydrogens is 957 g/mol. The molecule has 10 aliphatic rings. The third kappa shape index (κ3) is 12.5. The molecule has 0 aromatic rings. The average molecular weight is 1070 g/mol. The Morgan fingerprint density at radius 3 is 1.39 bits per heavy atom. The molecule has 10 rings (SSSR count). The fraction of sp³-hybridized carbons (Fsp3) is 0.912. The second-order valence-electron chi connectivity index (χ2n) is 29.2. The van der Waals surface area contributed by atoms with Gasteiger partial charge < -0.3 is 34.3 Å². The van der Waals surface area contributed by atoms with E-state index in [9.17, 15) is 9.59 Å². The Hall–Kier alpha value is -1.78. The van der Waals surface area contributed by atoms with Crippen molar-refractivity contribution in [1.82, 2.24) is 10.6 Å². The number of rotatable bonds is 22. The van der Waals surface area contributed by atoms with Crippen LogP contribution in [0.1, 0.15) is 248 Å². The van der Waals surface area contributed by atoms with Crippen LogP contribution in [0.4, 0.5) is 0 Å². The minimum absolute atomic E-state index is 0.00571. The van der Waals surface area contributed by atoms with E-state index in [2.05, 4.69) is 64.3 Å². The van der Waals surface area contributed by atoms with Crippen LogP contribution in [0.15, 0.2) is 23.3 Å². The number of ether oxygens (including phenoxy) is 5. The number of amides is 2. The molecule has 0 aromatic heterocycles. The molecule has 0 spiro atoms. The molecule has 2 heterocycles. The molecular formula is C68H112N2O7. The van der Waals surface area contributed by atoms with E-state index in [1.54, 1.807) is 25.0 Å². The zero-order valence-electron chi connectivity index (χ0n) is 50.3. The second kappa shape index (κ2) is 25.4. The van der Waals surface area contributed by atoms with Crippen LogP contribution in [0.5, 0.6) is 0 Å². The molecule has 2 saturated heterocycles. The Morgan fingerprint density at radius 1 is 0.545 bits per heavy atom. The van der Waals surface area contributed by atoms with Gasteiger partial charge in [0.15, 0.2) is 12.6 Å². The predicted octanol–water partition coefficient (Wildman–Crippen LogP) is 15.4. The molecule has 8 fully saturated rings. The smallest absolute Gasteiger partial charge is 0.217 e. The third-order valence-electron chi connectivity index (χ3n) is 25.1. The molecule has 436 valence electrons. The summed E-state index contributed by atoms with van der Waals surface area (Å²) in [6.07, 6.45) is 42.7. The van der Waals surface area contributed by atoms with Crippen LogP contribution < -0.4 is 10.6 Å². The van der Waals surface area contributed by atoms with Gasteiger partial charge in [-0.15, -0.1) is 0 Å². The highest BCUT2D eigenvalue weighted by Crippen LogP contribution is 2.69. The number of nitrogens with one attached hydrogen (secondary N) is 2. The first-order valence-corrected chi connectivity index (χ1v) is 33.2. The maximum absolute atomic E-state index is 12.2. The summed E-state index contributed by atoms with van der Waals surface area (Å²) < 4.78 is 32.4. The summed E-state index contributed by atoms with van der Waals surface area (Å²) in [4.78, 5) is 24.5. The van der Waals surface area contributed by atoms with Gasteiger partial charge in [0.25, 0.3) is 0 Å². The summed E-state index contributed by atoms with van der Waals surface area (Å²) in [6, 6.07) is 0.501. The molecule has 6 saturated carbocycles. The van der Waals surface area contributed by atoms with Gasteiger partial charge in [0.2, 0.25) is 11.8 Å². The Balaban J connectivity index is 0.850. The van der Waals surface area contributed by atoms with Gasteiger partial charge in [0, 0.05) is 52.4 Å². The highest BCUT2D eigenvalue weighted by Gasteiger charge is 2.61. The van der Waals surface area contributed by atoms with Crippen LogP contribution in [0, 0.1) is 80.8 Å². The van der Waals surface area contributed by atoms with Gasteiger partial charge in [0.05, 0.1) is 12.2 Å². The molecule has 0 radical (unpaired) electrons. The average Bonchev–Trinajstić information content (AvgIpc) is 4.18. The van der Waals surface area contributed by atoms with E-state index >= 15 is 0 Å². The minimum Gasteiger partial charge on any atom is -0.374 e. The Kier molecular flexibility index (Phi) is 19.3. The summed E-state index contributed by atoms with van der Waals surface area (Å²) in [6.45, 7) is 21.8. The molecule has 9 heteroatoms. The van der Waals surface area contributed by atoms with Crippen molar-refractivity contribution in [1.29, 1.82) is 0 Å². The lowest BCUT2D eigenvalue weighted by Crippen LogP contribution is -2.53. The van der Waals surface area contributed by atoms with Gasteiger partial charge in [0.1, 0.15) is 0 Å². The standard InChI is InChI=1S/C68H112N2O7/c1-45(69-47(3)71)55-27-29-57-53-25-23-51-43-49(31-35-65(51,5)59(53)33-37-67(55,57)7)61(19-11-9-15-39-73-63-21-13-17-41-75-63)77-62(20-12-10-16-40-74-64-22-14-18-42-76-64)50-32-36-66(6)52(44-50)24-26-54-58-30-28-56(46(2)70-48(4)72)68(58,8)38-34-60(54)66/h23-24,45-46,49-50,53-64H,9-22,25-44H2,1-8H3,(H,69,71)(H,70,72)/t45-,46-,49-,50-,53?,54?,55+,56+,57?,58?,59?,60?,61?,62?,63?,64?,65-,66-,67+,68+/m0/s1. The van der Waals surface area contributed by atoms with Crippen molar-refractivity contribution >= 4 is 11.8 Å². The summed E-state index contributed by atoms with van der Waals surface area (Å²) in [7, 11) is 0. The van der Waals surface area contributed by atoms with Gasteiger partial charge in [-0.25, -0.2) is 0 Å². The van der Waals surface area contributed by atoms with Crippen molar-refractivity contribution in [2.75, 3.05) is 26.4 Å². The summed E-state index contributed by atoms with van der Waals surface area (Å²) in [5.74, 6) is 7.11. The molecule has 2 aliphatic heterocycles. The molecule has 2 amide bonds. The third-order valence-corrected chi connectivity index (χ3v) is 25.1. The van der Waals surface area contributed by atoms with E-state index in [1.807, 2.05) is 0 Å². The topological polar surface area (TPSA) is 104 Å². The molecule has 0 bridgehead atoms. The summed E-state index contributed by atoms with van der Waals surface area (Å²) >= 11 is 0. The number of unbranched alkanes of at least 4 members (excludes halogenated alkanes) is 4. The Labute approximate surface area is 469 Å².